The van der Waals surface area contributed by atoms with Gasteiger partial charge in [0.15, 0.2) is 0 Å². The number of aliphatic hydroxyl groups is 1. The maximum Gasteiger partial charge on any atom is 0.367 e. The van der Waals surface area contributed by atoms with Crippen LogP contribution in [-0.4, -0.2) is 55.7 Å². The van der Waals surface area contributed by atoms with Crippen molar-refractivity contribution < 1.29 is 33.7 Å². The fraction of sp³-hybridized carbons (Fsp3) is 0.467. The minimum atomic E-state index is -1.13. The molecule has 0 fully saturated rings. The molecule has 0 aliphatic carbocycles. The monoisotopic (exact) mass is 609 g/mol. The molecule has 11 heteroatoms. The topological polar surface area (TPSA) is 112 Å². The Morgan fingerprint density at radius 3 is 2.58 bits per heavy atom. The fourth-order valence-corrected chi connectivity index (χ4v) is 2.58. The quantitative estimate of drug-likeness (QED) is 0.141. The van der Waals surface area contributed by atoms with Crippen LogP contribution in [-0.2, 0) is 30.4 Å². The summed E-state index contributed by atoms with van der Waals surface area (Å²) in [6, 6.07) is 0. The number of alkyl halides is 2. The van der Waals surface area contributed by atoms with Gasteiger partial charge in [-0.2, -0.15) is 0 Å². The number of carbonyl (C=O) groups excluding carboxylic acids is 3. The van der Waals surface area contributed by atoms with Crippen LogP contribution >= 0.6 is 56.5 Å². The van der Waals surface area contributed by atoms with Crippen LogP contribution in [0.2, 0.25) is 0 Å². The Bertz CT molecular complexity index is 664. The Kier molecular flexibility index (Phi) is 10.6. The first-order valence-electron chi connectivity index (χ1n) is 7.23. The molecule has 26 heavy (non-hydrogen) atoms. The second-order valence-electron chi connectivity index (χ2n) is 5.00. The number of rotatable bonds is 10. The zero-order valence-corrected chi connectivity index (χ0v) is 18.9. The van der Waals surface area contributed by atoms with E-state index >= 15 is 0 Å². The number of nitrogens with zero attached hydrogens (tertiary/aromatic N) is 1. The molecule has 0 spiro atoms. The molecule has 0 saturated heterocycles. The third-order valence-electron chi connectivity index (χ3n) is 2.64. The predicted octanol–water partition coefficient (Wildman–Crippen LogP) is 2.06. The molecule has 0 radical (unpaired) electrons. The SMILES string of the molecule is C=C(C)C(=O)OCc1csc(C(=O)OCC(O)COC(=O)C(I)CI)n1. The van der Waals surface area contributed by atoms with Gasteiger partial charge in [-0.15, -0.1) is 11.3 Å². The van der Waals surface area contributed by atoms with Crippen LogP contribution in [0.5, 0.6) is 0 Å². The molecule has 1 aromatic rings. The highest BCUT2D eigenvalue weighted by atomic mass is 127. The Labute approximate surface area is 181 Å². The maximum absolute atomic E-state index is 11.9. The highest BCUT2D eigenvalue weighted by molar-refractivity contribution is 14.1. The van der Waals surface area contributed by atoms with Crippen molar-refractivity contribution in [2.75, 3.05) is 17.6 Å². The number of hydrogen-bond acceptors (Lipinski definition) is 9. The number of aliphatic hydroxyl groups excluding tert-OH is 1. The van der Waals surface area contributed by atoms with E-state index in [1.54, 1.807) is 5.38 Å². The number of thiazole rings is 1. The maximum atomic E-state index is 11.9. The van der Waals surface area contributed by atoms with Crippen molar-refractivity contribution in [3.8, 4) is 0 Å². The van der Waals surface area contributed by atoms with E-state index < -0.39 is 24.0 Å². The molecule has 1 rings (SSSR count). The van der Waals surface area contributed by atoms with Gasteiger partial charge in [0.25, 0.3) is 0 Å². The minimum Gasteiger partial charge on any atom is -0.462 e. The lowest BCUT2D eigenvalue weighted by molar-refractivity contribution is -0.145. The Morgan fingerprint density at radius 2 is 1.96 bits per heavy atom. The van der Waals surface area contributed by atoms with E-state index in [1.807, 2.05) is 22.6 Å². The smallest absolute Gasteiger partial charge is 0.367 e. The number of carbonyl (C=O) groups is 3. The van der Waals surface area contributed by atoms with Gasteiger partial charge in [0.05, 0.1) is 5.69 Å². The summed E-state index contributed by atoms with van der Waals surface area (Å²) >= 11 is 5.02. The van der Waals surface area contributed by atoms with E-state index in [0.29, 0.717) is 10.1 Å². The summed E-state index contributed by atoms with van der Waals surface area (Å²) in [6.45, 7) is 4.31. The number of hydrogen-bond donors (Lipinski definition) is 1. The van der Waals surface area contributed by atoms with E-state index in [-0.39, 0.29) is 34.3 Å². The molecule has 0 aliphatic rings. The second kappa shape index (κ2) is 11.8. The van der Waals surface area contributed by atoms with Gasteiger partial charge in [0, 0.05) is 15.4 Å². The van der Waals surface area contributed by atoms with Gasteiger partial charge in [-0.25, -0.2) is 14.6 Å². The number of esters is 3. The van der Waals surface area contributed by atoms with Crippen LogP contribution < -0.4 is 0 Å². The molecule has 144 valence electrons. The van der Waals surface area contributed by atoms with E-state index in [0.717, 1.165) is 11.3 Å². The summed E-state index contributed by atoms with van der Waals surface area (Å²) in [4.78, 5) is 38.7. The van der Waals surface area contributed by atoms with Crippen molar-refractivity contribution in [3.63, 3.8) is 0 Å². The van der Waals surface area contributed by atoms with Crippen molar-refractivity contribution in [2.45, 2.75) is 23.6 Å². The van der Waals surface area contributed by atoms with Crippen LogP contribution in [0.4, 0.5) is 0 Å². The van der Waals surface area contributed by atoms with E-state index in [9.17, 15) is 19.5 Å². The Balaban J connectivity index is 2.38. The van der Waals surface area contributed by atoms with Crippen LogP contribution in [0.25, 0.3) is 0 Å². The van der Waals surface area contributed by atoms with Gasteiger partial charge in [-0.1, -0.05) is 51.8 Å². The molecule has 1 heterocycles. The van der Waals surface area contributed by atoms with E-state index in [2.05, 4.69) is 34.2 Å². The summed E-state index contributed by atoms with van der Waals surface area (Å²) in [5.41, 5.74) is 0.667. The molecule has 0 aromatic carbocycles. The van der Waals surface area contributed by atoms with Crippen LogP contribution in [0.15, 0.2) is 17.5 Å². The van der Waals surface area contributed by atoms with Gasteiger partial charge >= 0.3 is 17.9 Å². The Morgan fingerprint density at radius 1 is 1.31 bits per heavy atom. The first kappa shape index (κ1) is 23.2. The van der Waals surface area contributed by atoms with Crippen molar-refractivity contribution in [1.29, 1.82) is 0 Å². The lowest BCUT2D eigenvalue weighted by Crippen LogP contribution is -2.28. The standard InChI is InChI=1S/C15H17I2NO7S/c1-8(2)13(20)23-4-9-7-26-12(18-9)15(22)25-6-10(19)5-24-14(21)11(17)3-16/h7,10-11,19H,1,3-6H2,2H3. The first-order valence-corrected chi connectivity index (χ1v) is 10.9. The molecule has 2 atom stereocenters. The van der Waals surface area contributed by atoms with Gasteiger partial charge in [0.2, 0.25) is 5.01 Å². The Hall–Kier alpha value is -0.800. The molecule has 0 bridgehead atoms. The zero-order chi connectivity index (χ0) is 19.7. The van der Waals surface area contributed by atoms with Crippen LogP contribution in [0.3, 0.4) is 0 Å². The highest BCUT2D eigenvalue weighted by Crippen LogP contribution is 2.13. The number of ether oxygens (including phenoxy) is 3. The molecular weight excluding hydrogens is 592 g/mol. The molecule has 8 nitrogen and oxygen atoms in total. The minimum absolute atomic E-state index is 0.0628. The largest absolute Gasteiger partial charge is 0.462 e. The molecule has 2 unspecified atom stereocenters. The average Bonchev–Trinajstić information content (AvgIpc) is 3.10. The zero-order valence-electron chi connectivity index (χ0n) is 13.8. The summed E-state index contributed by atoms with van der Waals surface area (Å²) in [6.07, 6.45) is -1.13. The normalized spacial score (nSPS) is 12.8. The molecule has 1 N–H and O–H groups in total. The molecule has 0 amide bonds. The van der Waals surface area contributed by atoms with Gasteiger partial charge in [0.1, 0.15) is 29.8 Å². The van der Waals surface area contributed by atoms with Crippen molar-refractivity contribution in [1.82, 2.24) is 4.98 Å². The molecule has 0 saturated carbocycles. The van der Waals surface area contributed by atoms with Crippen molar-refractivity contribution in [3.05, 3.63) is 28.2 Å². The van der Waals surface area contributed by atoms with E-state index in [1.165, 1.54) is 6.92 Å². The lowest BCUT2D eigenvalue weighted by atomic mass is 10.4. The van der Waals surface area contributed by atoms with Gasteiger partial charge < -0.3 is 19.3 Å². The fourth-order valence-electron chi connectivity index (χ4n) is 1.34. The molecule has 1 aromatic heterocycles. The van der Waals surface area contributed by atoms with Crippen molar-refractivity contribution >= 4 is 74.4 Å². The number of aromatic nitrogens is 1. The lowest BCUT2D eigenvalue weighted by Gasteiger charge is -2.12. The molecular formula is C15H17I2NO7S. The summed E-state index contributed by atoms with van der Waals surface area (Å²) in [5.74, 6) is -1.70. The van der Waals surface area contributed by atoms with Gasteiger partial charge in [-0.05, 0) is 6.92 Å². The predicted molar refractivity (Wildman–Crippen MR) is 111 cm³/mol. The first-order chi connectivity index (χ1) is 12.2. The summed E-state index contributed by atoms with van der Waals surface area (Å²) in [5, 5.41) is 11.3. The third kappa shape index (κ3) is 8.26. The van der Waals surface area contributed by atoms with Crippen LogP contribution in [0.1, 0.15) is 22.4 Å². The summed E-state index contributed by atoms with van der Waals surface area (Å²) in [7, 11) is 0. The van der Waals surface area contributed by atoms with E-state index in [4.69, 9.17) is 14.2 Å². The average molecular weight is 609 g/mol. The van der Waals surface area contributed by atoms with Gasteiger partial charge in [-0.3, -0.25) is 4.79 Å². The van der Waals surface area contributed by atoms with Crippen LogP contribution in [0, 0.1) is 0 Å². The summed E-state index contributed by atoms with van der Waals surface area (Å²) < 4.78 is 15.1. The second-order valence-corrected chi connectivity index (χ2v) is 8.25. The highest BCUT2D eigenvalue weighted by Gasteiger charge is 2.19. The van der Waals surface area contributed by atoms with Crippen molar-refractivity contribution in [2.24, 2.45) is 0 Å². The molecule has 0 aliphatic heterocycles. The third-order valence-corrected chi connectivity index (χ3v) is 7.03. The number of halogens is 2.